The van der Waals surface area contributed by atoms with E-state index in [0.29, 0.717) is 25.2 Å². The van der Waals surface area contributed by atoms with Gasteiger partial charge in [0, 0.05) is 20.1 Å². The van der Waals surface area contributed by atoms with Gasteiger partial charge in [0.2, 0.25) is 10.0 Å². The van der Waals surface area contributed by atoms with Crippen molar-refractivity contribution in [1.29, 1.82) is 0 Å². The Morgan fingerprint density at radius 2 is 2.00 bits per heavy atom. The van der Waals surface area contributed by atoms with Gasteiger partial charge in [-0.3, -0.25) is 0 Å². The van der Waals surface area contributed by atoms with Crippen molar-refractivity contribution in [3.05, 3.63) is 28.5 Å². The number of hydrogen-bond donors (Lipinski definition) is 1. The summed E-state index contributed by atoms with van der Waals surface area (Å²) in [6.07, 6.45) is 1.65. The van der Waals surface area contributed by atoms with Crippen LogP contribution >= 0.6 is 11.6 Å². The minimum Gasteiger partial charge on any atom is -0.313 e. The van der Waals surface area contributed by atoms with Gasteiger partial charge in [-0.2, -0.15) is 0 Å². The Bertz CT molecular complexity index is 579. The summed E-state index contributed by atoms with van der Waals surface area (Å²) in [5, 5.41) is 2.98. The Morgan fingerprint density at radius 3 is 2.57 bits per heavy atom. The minimum atomic E-state index is -3.69. The molecule has 1 rings (SSSR count). The van der Waals surface area contributed by atoms with Crippen LogP contribution < -0.4 is 5.32 Å². The van der Waals surface area contributed by atoms with Crippen molar-refractivity contribution >= 4 is 21.6 Å². The largest absolute Gasteiger partial charge is 0.313 e. The molecule has 0 aromatic heterocycles. The van der Waals surface area contributed by atoms with E-state index >= 15 is 0 Å². The van der Waals surface area contributed by atoms with Crippen molar-refractivity contribution in [3.63, 3.8) is 0 Å². The van der Waals surface area contributed by atoms with Crippen LogP contribution in [-0.4, -0.2) is 32.9 Å². The van der Waals surface area contributed by atoms with E-state index in [1.54, 1.807) is 0 Å². The van der Waals surface area contributed by atoms with E-state index in [2.05, 4.69) is 5.32 Å². The fourth-order valence-electron chi connectivity index (χ4n) is 1.84. The van der Waals surface area contributed by atoms with Gasteiger partial charge in [-0.05, 0) is 30.7 Å². The van der Waals surface area contributed by atoms with Crippen LogP contribution in [0.25, 0.3) is 0 Å². The summed E-state index contributed by atoms with van der Waals surface area (Å²) >= 11 is 5.89. The van der Waals surface area contributed by atoms with Crippen molar-refractivity contribution in [3.8, 4) is 0 Å². The zero-order valence-corrected chi connectivity index (χ0v) is 14.2. The van der Waals surface area contributed by atoms with Gasteiger partial charge < -0.3 is 5.32 Å². The number of unbranched alkanes of at least 4 members (excludes halogenated alkanes) is 1. The molecule has 0 aliphatic carbocycles. The Hall–Kier alpha value is -0.690. The number of benzene rings is 1. The van der Waals surface area contributed by atoms with Crippen LogP contribution in [0.4, 0.5) is 4.39 Å². The molecule has 0 saturated heterocycles. The van der Waals surface area contributed by atoms with E-state index in [4.69, 9.17) is 11.6 Å². The number of nitrogens with zero attached hydrogens (tertiary/aromatic N) is 1. The van der Waals surface area contributed by atoms with Gasteiger partial charge in [0.15, 0.2) is 0 Å². The maximum Gasteiger partial charge on any atom is 0.242 e. The SMILES string of the molecule is CCCCN(C)S(=O)(=O)c1cc(F)c(Cl)c(CNCC)c1. The Labute approximate surface area is 131 Å². The number of halogens is 2. The number of rotatable bonds is 8. The third-order valence-electron chi connectivity index (χ3n) is 3.18. The molecule has 1 aromatic carbocycles. The second kappa shape index (κ2) is 8.08. The third-order valence-corrected chi connectivity index (χ3v) is 5.44. The molecule has 0 unspecified atom stereocenters. The lowest BCUT2D eigenvalue weighted by atomic mass is 10.2. The first-order chi connectivity index (χ1) is 9.84. The average molecular weight is 337 g/mol. The van der Waals surface area contributed by atoms with E-state index in [1.165, 1.54) is 17.4 Å². The molecule has 1 N–H and O–H groups in total. The molecule has 7 heteroatoms. The molecule has 120 valence electrons. The highest BCUT2D eigenvalue weighted by atomic mass is 35.5. The lowest BCUT2D eigenvalue weighted by Gasteiger charge is -2.18. The monoisotopic (exact) mass is 336 g/mol. The standard InChI is InChI=1S/C14H22ClFN2O2S/c1-4-6-7-18(3)21(19,20)12-8-11(10-17-5-2)14(15)13(16)9-12/h8-9,17H,4-7,10H2,1-3H3. The number of nitrogens with one attached hydrogen (secondary N) is 1. The lowest BCUT2D eigenvalue weighted by molar-refractivity contribution is 0.458. The molecule has 1 aromatic rings. The Kier molecular flexibility index (Phi) is 7.06. The maximum absolute atomic E-state index is 13.9. The van der Waals surface area contributed by atoms with E-state index in [9.17, 15) is 12.8 Å². The molecule has 0 atom stereocenters. The third kappa shape index (κ3) is 4.64. The molecule has 0 aliphatic rings. The van der Waals surface area contributed by atoms with Crippen molar-refractivity contribution in [2.45, 2.75) is 38.1 Å². The molecule has 0 bridgehead atoms. The molecule has 0 heterocycles. The molecule has 0 spiro atoms. The van der Waals surface area contributed by atoms with Gasteiger partial charge in [0.25, 0.3) is 0 Å². The summed E-state index contributed by atoms with van der Waals surface area (Å²) in [6.45, 7) is 5.31. The van der Waals surface area contributed by atoms with E-state index in [1.807, 2.05) is 13.8 Å². The molecule has 0 fully saturated rings. The molecule has 0 amide bonds. The molecule has 21 heavy (non-hydrogen) atoms. The van der Waals surface area contributed by atoms with E-state index in [-0.39, 0.29) is 9.92 Å². The van der Waals surface area contributed by atoms with Crippen LogP contribution in [0.5, 0.6) is 0 Å². The van der Waals surface area contributed by atoms with E-state index in [0.717, 1.165) is 18.9 Å². The molecule has 0 aliphatic heterocycles. The lowest BCUT2D eigenvalue weighted by Crippen LogP contribution is -2.28. The van der Waals surface area contributed by atoms with Crippen LogP contribution in [0.15, 0.2) is 17.0 Å². The zero-order chi connectivity index (χ0) is 16.0. The Balaban J connectivity index is 3.14. The van der Waals surface area contributed by atoms with Gasteiger partial charge in [0.05, 0.1) is 9.92 Å². The predicted octanol–water partition coefficient (Wildman–Crippen LogP) is 3.01. The van der Waals surface area contributed by atoms with Gasteiger partial charge in [0.1, 0.15) is 5.82 Å². The first kappa shape index (κ1) is 18.4. The van der Waals surface area contributed by atoms with Crippen molar-refractivity contribution in [2.75, 3.05) is 20.1 Å². The fraction of sp³-hybridized carbons (Fsp3) is 0.571. The van der Waals surface area contributed by atoms with Crippen molar-refractivity contribution < 1.29 is 12.8 Å². The quantitative estimate of drug-likeness (QED) is 0.794. The molecular formula is C14H22ClFN2O2S. The normalized spacial score (nSPS) is 12.1. The van der Waals surface area contributed by atoms with Crippen LogP contribution in [0.1, 0.15) is 32.3 Å². The molecule has 0 saturated carbocycles. The smallest absolute Gasteiger partial charge is 0.242 e. The summed E-state index contributed by atoms with van der Waals surface area (Å²) < 4.78 is 40.0. The predicted molar refractivity (Wildman–Crippen MR) is 83.5 cm³/mol. The van der Waals surface area contributed by atoms with Crippen LogP contribution in [0.3, 0.4) is 0 Å². The summed E-state index contributed by atoms with van der Waals surface area (Å²) in [4.78, 5) is -0.0593. The fourth-order valence-corrected chi connectivity index (χ4v) is 3.29. The second-order valence-electron chi connectivity index (χ2n) is 4.84. The average Bonchev–Trinajstić information content (AvgIpc) is 2.45. The minimum absolute atomic E-state index is 0.0360. The maximum atomic E-state index is 13.9. The summed E-state index contributed by atoms with van der Waals surface area (Å²) in [5.74, 6) is -0.713. The number of hydrogen-bond acceptors (Lipinski definition) is 3. The van der Waals surface area contributed by atoms with Crippen molar-refractivity contribution in [2.24, 2.45) is 0 Å². The van der Waals surface area contributed by atoms with Gasteiger partial charge in [-0.15, -0.1) is 0 Å². The Morgan fingerprint density at radius 1 is 1.33 bits per heavy atom. The summed E-state index contributed by atoms with van der Waals surface area (Å²) in [5.41, 5.74) is 0.445. The van der Waals surface area contributed by atoms with Gasteiger partial charge >= 0.3 is 0 Å². The summed E-state index contributed by atoms with van der Waals surface area (Å²) in [7, 11) is -2.19. The number of sulfonamides is 1. The van der Waals surface area contributed by atoms with Crippen LogP contribution in [0, 0.1) is 5.82 Å². The first-order valence-corrected chi connectivity index (χ1v) is 8.81. The van der Waals surface area contributed by atoms with Crippen molar-refractivity contribution in [1.82, 2.24) is 9.62 Å². The first-order valence-electron chi connectivity index (χ1n) is 6.99. The van der Waals surface area contributed by atoms with E-state index < -0.39 is 15.8 Å². The van der Waals surface area contributed by atoms with Gasteiger partial charge in [-0.25, -0.2) is 17.1 Å². The molecular weight excluding hydrogens is 315 g/mol. The van der Waals surface area contributed by atoms with Crippen LogP contribution in [0.2, 0.25) is 5.02 Å². The topological polar surface area (TPSA) is 49.4 Å². The zero-order valence-electron chi connectivity index (χ0n) is 12.6. The highest BCUT2D eigenvalue weighted by Gasteiger charge is 2.23. The highest BCUT2D eigenvalue weighted by Crippen LogP contribution is 2.26. The molecule has 4 nitrogen and oxygen atoms in total. The van der Waals surface area contributed by atoms with Gasteiger partial charge in [-0.1, -0.05) is 31.9 Å². The molecule has 0 radical (unpaired) electrons. The van der Waals surface area contributed by atoms with Crippen LogP contribution in [-0.2, 0) is 16.6 Å². The highest BCUT2D eigenvalue weighted by molar-refractivity contribution is 7.89. The summed E-state index contributed by atoms with van der Waals surface area (Å²) in [6, 6.07) is 2.42. The second-order valence-corrected chi connectivity index (χ2v) is 7.26.